The van der Waals surface area contributed by atoms with Crippen LogP contribution in [0.4, 0.5) is 5.69 Å². The molecule has 0 saturated heterocycles. The number of rotatable bonds is 5. The lowest BCUT2D eigenvalue weighted by Crippen LogP contribution is -2.41. The molecule has 168 valence electrons. The van der Waals surface area contributed by atoms with E-state index in [1.807, 2.05) is 19.1 Å². The van der Waals surface area contributed by atoms with Crippen LogP contribution in [0, 0.1) is 6.92 Å². The fourth-order valence-electron chi connectivity index (χ4n) is 4.76. The highest BCUT2D eigenvalue weighted by molar-refractivity contribution is 6.31. The van der Waals surface area contributed by atoms with Gasteiger partial charge in [-0.1, -0.05) is 23.7 Å². The highest BCUT2D eigenvalue weighted by atomic mass is 35.5. The number of nitrogens with zero attached hydrogens (tertiary/aromatic N) is 1. The maximum atomic E-state index is 13.5. The quantitative estimate of drug-likeness (QED) is 0.619. The summed E-state index contributed by atoms with van der Waals surface area (Å²) >= 11 is 6.25. The highest BCUT2D eigenvalue weighted by Crippen LogP contribution is 2.50. The first kappa shape index (κ1) is 22.2. The van der Waals surface area contributed by atoms with E-state index in [1.54, 1.807) is 37.3 Å². The summed E-state index contributed by atoms with van der Waals surface area (Å²) in [4.78, 5) is 28.4. The van der Waals surface area contributed by atoms with Crippen molar-refractivity contribution in [3.05, 3.63) is 57.8 Å². The number of hydrogen-bond donors (Lipinski definition) is 0. The average Bonchev–Trinajstić information content (AvgIpc) is 2.79. The van der Waals surface area contributed by atoms with Crippen molar-refractivity contribution in [3.8, 4) is 17.2 Å². The lowest BCUT2D eigenvalue weighted by atomic mass is 9.76. The number of halogens is 1. The van der Waals surface area contributed by atoms with Crippen LogP contribution >= 0.6 is 11.6 Å². The van der Waals surface area contributed by atoms with Crippen LogP contribution in [-0.2, 0) is 9.59 Å². The standard InChI is InChI=1S/C25H26ClNO5/c1-14-8-9-15(26)12-19(14)27-18-6-5-7-20(28)23(18)17(13-22(27)29)16-10-11-21(30-2)25(32-4)24(16)31-3/h8-12,17H,5-7,13H2,1-4H3. The van der Waals surface area contributed by atoms with Crippen molar-refractivity contribution < 1.29 is 23.8 Å². The summed E-state index contributed by atoms with van der Waals surface area (Å²) in [5.41, 5.74) is 3.81. The molecule has 0 fully saturated rings. The Hall–Kier alpha value is -2.99. The molecule has 1 heterocycles. The smallest absolute Gasteiger partial charge is 0.232 e. The number of carbonyl (C=O) groups excluding carboxylic acids is 2. The lowest BCUT2D eigenvalue weighted by Gasteiger charge is -2.39. The average molecular weight is 456 g/mol. The first-order valence-electron chi connectivity index (χ1n) is 10.6. The molecule has 0 aromatic heterocycles. The zero-order valence-corrected chi connectivity index (χ0v) is 19.4. The fourth-order valence-corrected chi connectivity index (χ4v) is 4.93. The summed E-state index contributed by atoms with van der Waals surface area (Å²) in [6.45, 7) is 1.94. The normalized spacial score (nSPS) is 18.5. The second-order valence-corrected chi connectivity index (χ2v) is 8.41. The number of aryl methyl sites for hydroxylation is 1. The van der Waals surface area contributed by atoms with Crippen molar-refractivity contribution in [3.63, 3.8) is 0 Å². The molecule has 0 saturated carbocycles. The number of ether oxygens (including phenoxy) is 3. The van der Waals surface area contributed by atoms with Crippen LogP contribution in [0.3, 0.4) is 0 Å². The molecule has 32 heavy (non-hydrogen) atoms. The third kappa shape index (κ3) is 3.62. The summed E-state index contributed by atoms with van der Waals surface area (Å²) in [5.74, 6) is 1.00. The van der Waals surface area contributed by atoms with E-state index in [9.17, 15) is 9.59 Å². The van der Waals surface area contributed by atoms with Crippen LogP contribution in [0.25, 0.3) is 0 Å². The number of benzene rings is 2. The maximum Gasteiger partial charge on any atom is 0.232 e. The number of carbonyl (C=O) groups is 2. The van der Waals surface area contributed by atoms with Gasteiger partial charge in [-0.15, -0.1) is 0 Å². The molecule has 4 rings (SSSR count). The number of anilines is 1. The number of amides is 1. The molecule has 2 aliphatic rings. The van der Waals surface area contributed by atoms with Gasteiger partial charge in [-0.2, -0.15) is 0 Å². The molecule has 7 heteroatoms. The van der Waals surface area contributed by atoms with Crippen molar-refractivity contribution in [1.82, 2.24) is 0 Å². The van der Waals surface area contributed by atoms with Crippen LogP contribution < -0.4 is 19.1 Å². The summed E-state index contributed by atoms with van der Waals surface area (Å²) in [6, 6.07) is 9.11. The maximum absolute atomic E-state index is 13.5. The molecule has 2 aromatic carbocycles. The molecular weight excluding hydrogens is 430 g/mol. The van der Waals surface area contributed by atoms with Crippen LogP contribution in [0.5, 0.6) is 17.2 Å². The van der Waals surface area contributed by atoms with E-state index in [0.29, 0.717) is 47.1 Å². The minimum absolute atomic E-state index is 0.0604. The number of hydrogen-bond acceptors (Lipinski definition) is 5. The van der Waals surface area contributed by atoms with Gasteiger partial charge in [0.2, 0.25) is 11.7 Å². The third-order valence-corrected chi connectivity index (χ3v) is 6.43. The third-order valence-electron chi connectivity index (χ3n) is 6.20. The van der Waals surface area contributed by atoms with E-state index < -0.39 is 5.92 Å². The van der Waals surface area contributed by atoms with Gasteiger partial charge in [-0.25, -0.2) is 0 Å². The van der Waals surface area contributed by atoms with Crippen LogP contribution in [0.2, 0.25) is 5.02 Å². The second-order valence-electron chi connectivity index (χ2n) is 7.98. The van der Waals surface area contributed by atoms with Gasteiger partial charge in [0, 0.05) is 40.6 Å². The van der Waals surface area contributed by atoms with Crippen molar-refractivity contribution >= 4 is 29.0 Å². The molecule has 0 spiro atoms. The predicted molar refractivity (Wildman–Crippen MR) is 123 cm³/mol. The summed E-state index contributed by atoms with van der Waals surface area (Å²) < 4.78 is 16.6. The SMILES string of the molecule is COc1ccc(C2CC(=O)N(c3cc(Cl)ccc3C)C3=C2C(=O)CCC3)c(OC)c1OC. The van der Waals surface area contributed by atoms with Crippen molar-refractivity contribution in [2.75, 3.05) is 26.2 Å². The number of methoxy groups -OCH3 is 3. The van der Waals surface area contributed by atoms with Gasteiger partial charge in [-0.3, -0.25) is 14.5 Å². The molecule has 0 N–H and O–H groups in total. The largest absolute Gasteiger partial charge is 0.493 e. The van der Waals surface area contributed by atoms with E-state index in [-0.39, 0.29) is 18.1 Å². The minimum Gasteiger partial charge on any atom is -0.493 e. The lowest BCUT2D eigenvalue weighted by molar-refractivity contribution is -0.119. The van der Waals surface area contributed by atoms with Crippen LogP contribution in [0.1, 0.15) is 42.7 Å². The van der Waals surface area contributed by atoms with E-state index in [2.05, 4.69) is 0 Å². The monoisotopic (exact) mass is 455 g/mol. The zero-order valence-electron chi connectivity index (χ0n) is 18.7. The zero-order chi connectivity index (χ0) is 23.0. The van der Waals surface area contributed by atoms with Crippen molar-refractivity contribution in [2.24, 2.45) is 0 Å². The molecule has 2 aromatic rings. The van der Waals surface area contributed by atoms with Crippen molar-refractivity contribution in [2.45, 2.75) is 38.5 Å². The Bertz CT molecular complexity index is 1120. The van der Waals surface area contributed by atoms with Gasteiger partial charge in [0.15, 0.2) is 17.3 Å². The van der Waals surface area contributed by atoms with Gasteiger partial charge in [0.05, 0.1) is 27.0 Å². The molecule has 1 aliphatic heterocycles. The topological polar surface area (TPSA) is 65.1 Å². The highest BCUT2D eigenvalue weighted by Gasteiger charge is 2.41. The number of allylic oxidation sites excluding steroid dienone is 2. The van der Waals surface area contributed by atoms with Gasteiger partial charge in [0.1, 0.15) is 0 Å². The van der Waals surface area contributed by atoms with Gasteiger partial charge in [-0.05, 0) is 43.5 Å². The first-order chi connectivity index (χ1) is 15.4. The first-order valence-corrected chi connectivity index (χ1v) is 10.9. The van der Waals surface area contributed by atoms with E-state index in [0.717, 1.165) is 22.5 Å². The Kier molecular flexibility index (Phi) is 6.15. The minimum atomic E-state index is -0.421. The molecular formula is C25H26ClNO5. The summed E-state index contributed by atoms with van der Waals surface area (Å²) in [5, 5.41) is 0.548. The van der Waals surface area contributed by atoms with Gasteiger partial charge >= 0.3 is 0 Å². The number of Topliss-reactive ketones (excluding diaryl/α,β-unsaturated/α-hetero) is 1. The van der Waals surface area contributed by atoms with E-state index in [1.165, 1.54) is 7.11 Å². The van der Waals surface area contributed by atoms with E-state index >= 15 is 0 Å². The molecule has 1 unspecified atom stereocenters. The van der Waals surface area contributed by atoms with Crippen LogP contribution in [0.15, 0.2) is 41.6 Å². The summed E-state index contributed by atoms with van der Waals surface area (Å²) in [7, 11) is 4.64. The molecule has 0 radical (unpaired) electrons. The van der Waals surface area contributed by atoms with Crippen LogP contribution in [-0.4, -0.2) is 33.0 Å². The molecule has 0 bridgehead atoms. The Labute approximate surface area is 192 Å². The Morgan fingerprint density at radius 3 is 2.41 bits per heavy atom. The fraction of sp³-hybridized carbons (Fsp3) is 0.360. The Morgan fingerprint density at radius 1 is 0.969 bits per heavy atom. The second kappa shape index (κ2) is 8.87. The number of ketones is 1. The molecule has 6 nitrogen and oxygen atoms in total. The Balaban J connectivity index is 1.93. The molecule has 1 aliphatic carbocycles. The predicted octanol–water partition coefficient (Wildman–Crippen LogP) is 5.20. The van der Waals surface area contributed by atoms with Crippen molar-refractivity contribution in [1.29, 1.82) is 0 Å². The van der Waals surface area contributed by atoms with E-state index in [4.69, 9.17) is 25.8 Å². The Morgan fingerprint density at radius 2 is 1.72 bits per heavy atom. The van der Waals surface area contributed by atoms with Gasteiger partial charge in [0.25, 0.3) is 0 Å². The molecule has 1 amide bonds. The summed E-state index contributed by atoms with van der Waals surface area (Å²) in [6.07, 6.45) is 1.95. The molecule has 1 atom stereocenters. The van der Waals surface area contributed by atoms with Gasteiger partial charge < -0.3 is 14.2 Å².